The van der Waals surface area contributed by atoms with Crippen LogP contribution in [-0.4, -0.2) is 61.8 Å². The summed E-state index contributed by atoms with van der Waals surface area (Å²) in [4.78, 5) is 11.3. The van der Waals surface area contributed by atoms with Gasteiger partial charge in [-0.05, 0) is 62.0 Å². The van der Waals surface area contributed by atoms with Crippen LogP contribution >= 0.6 is 0 Å². The predicted octanol–water partition coefficient (Wildman–Crippen LogP) is 6.08. The molecule has 218 valence electrons. The average molecular weight is 579 g/mol. The number of piperidine rings is 1. The highest BCUT2D eigenvalue weighted by Gasteiger charge is 2.35. The van der Waals surface area contributed by atoms with E-state index in [9.17, 15) is 8.78 Å². The Labute approximate surface area is 245 Å². The first kappa shape index (κ1) is 23.6. The molecule has 1 unspecified atom stereocenters. The minimum absolute atomic E-state index is 0.0424. The summed E-state index contributed by atoms with van der Waals surface area (Å²) in [6.45, 7) is -1.04. The number of alkyl halides is 2. The van der Waals surface area contributed by atoms with Crippen LogP contribution in [0.2, 0.25) is 0 Å². The Morgan fingerprint density at radius 2 is 1.88 bits per heavy atom. The second-order valence-electron chi connectivity index (χ2n) is 11.2. The van der Waals surface area contributed by atoms with Gasteiger partial charge in [0, 0.05) is 79.3 Å². The molecule has 0 amide bonds. The van der Waals surface area contributed by atoms with Crippen molar-refractivity contribution in [3.8, 4) is 11.3 Å². The molecule has 0 radical (unpaired) electrons. The van der Waals surface area contributed by atoms with Gasteiger partial charge in [0.05, 0.1) is 39.7 Å². The van der Waals surface area contributed by atoms with Gasteiger partial charge in [-0.25, -0.2) is 17.9 Å². The van der Waals surface area contributed by atoms with Crippen LogP contribution in [0.4, 0.5) is 18.9 Å². The molecule has 4 aromatic heterocycles. The van der Waals surface area contributed by atoms with E-state index in [0.717, 1.165) is 16.6 Å². The van der Waals surface area contributed by atoms with E-state index in [1.165, 1.54) is 10.7 Å². The molecule has 1 aromatic carbocycles. The number of pyridine rings is 2. The summed E-state index contributed by atoms with van der Waals surface area (Å²) in [5, 5.41) is 8.72. The van der Waals surface area contributed by atoms with E-state index in [1.807, 2.05) is 33.7 Å². The molecule has 42 heavy (non-hydrogen) atoms. The van der Waals surface area contributed by atoms with Crippen molar-refractivity contribution in [1.82, 2.24) is 29.5 Å². The maximum Gasteiger partial charge on any atom is 0.251 e. The van der Waals surface area contributed by atoms with E-state index in [-0.39, 0.29) is 43.2 Å². The van der Waals surface area contributed by atoms with Crippen molar-refractivity contribution in [1.29, 1.82) is 0 Å². The lowest BCUT2D eigenvalue weighted by molar-refractivity contribution is -0.0220. The molecule has 0 bridgehead atoms. The van der Waals surface area contributed by atoms with E-state index in [0.29, 0.717) is 48.3 Å². The van der Waals surface area contributed by atoms with Crippen LogP contribution in [0.25, 0.3) is 33.2 Å². The van der Waals surface area contributed by atoms with Crippen molar-refractivity contribution in [2.24, 2.45) is 13.0 Å². The van der Waals surface area contributed by atoms with Gasteiger partial charge in [-0.3, -0.25) is 9.97 Å². The Bertz CT molecular complexity index is 1870. The molecule has 0 N–H and O–H groups in total. The fourth-order valence-electron chi connectivity index (χ4n) is 6.50. The highest BCUT2D eigenvalue weighted by atomic mass is 19.3. The number of aryl methyl sites for hydroxylation is 2. The summed E-state index contributed by atoms with van der Waals surface area (Å²) in [5.74, 6) is -3.17. The van der Waals surface area contributed by atoms with Crippen molar-refractivity contribution in [2.75, 3.05) is 31.2 Å². The number of aromatic nitrogens is 6. The highest BCUT2D eigenvalue weighted by Crippen LogP contribution is 2.42. The number of hydrogen-bond acceptors (Lipinski definition) is 6. The zero-order chi connectivity index (χ0) is 31.5. The topological polar surface area (TPSA) is 73.9 Å². The third-order valence-electron chi connectivity index (χ3n) is 8.64. The number of rotatable bonds is 5. The van der Waals surface area contributed by atoms with Crippen LogP contribution in [0.15, 0.2) is 48.8 Å². The number of fused-ring (bicyclic) bond motifs is 3. The van der Waals surface area contributed by atoms with E-state index < -0.39 is 24.6 Å². The van der Waals surface area contributed by atoms with Crippen molar-refractivity contribution in [2.45, 2.75) is 44.5 Å². The van der Waals surface area contributed by atoms with Gasteiger partial charge in [0.1, 0.15) is 5.82 Å². The van der Waals surface area contributed by atoms with Crippen LogP contribution in [-0.2, 0) is 11.8 Å². The number of anilines is 1. The first-order valence-electron chi connectivity index (χ1n) is 15.7. The molecule has 2 aliphatic rings. The highest BCUT2D eigenvalue weighted by molar-refractivity contribution is 6.07. The normalized spacial score (nSPS) is 20.0. The van der Waals surface area contributed by atoms with Crippen molar-refractivity contribution >= 4 is 27.6 Å². The van der Waals surface area contributed by atoms with Gasteiger partial charge in [0.15, 0.2) is 0 Å². The second kappa shape index (κ2) is 10.4. The van der Waals surface area contributed by atoms with Crippen molar-refractivity contribution < 1.29 is 22.0 Å². The molecule has 2 saturated heterocycles. The predicted molar refractivity (Wildman–Crippen MR) is 154 cm³/mol. The Kier molecular flexibility index (Phi) is 5.82. The summed E-state index contributed by atoms with van der Waals surface area (Å²) >= 11 is 0. The second-order valence-corrected chi connectivity index (χ2v) is 11.2. The fourth-order valence-corrected chi connectivity index (χ4v) is 6.50. The molecule has 1 atom stereocenters. The van der Waals surface area contributed by atoms with Gasteiger partial charge in [-0.1, -0.05) is 5.21 Å². The minimum atomic E-state index is -2.69. The molecule has 0 aliphatic carbocycles. The molecular weight excluding hydrogens is 543 g/mol. The molecule has 5 aromatic rings. The largest absolute Gasteiger partial charge is 0.381 e. The number of halogens is 3. The SMILES string of the molecule is [2H]C([2H])([2H])c1nnn(C)c1-c1cnc2c3ccc(N4CCC(F)(F)CC4)cc3n(C(c3ncccc3F)C3CCOCC3)c2c1. The molecule has 2 aliphatic heterocycles. The van der Waals surface area contributed by atoms with Crippen molar-refractivity contribution in [3.63, 3.8) is 0 Å². The lowest BCUT2D eigenvalue weighted by atomic mass is 9.88. The monoisotopic (exact) mass is 578 g/mol. The van der Waals surface area contributed by atoms with E-state index >= 15 is 4.39 Å². The number of ether oxygens (including phenoxy) is 1. The van der Waals surface area contributed by atoms with E-state index in [2.05, 4.69) is 15.3 Å². The van der Waals surface area contributed by atoms with E-state index in [4.69, 9.17) is 13.8 Å². The number of hydrogen-bond donors (Lipinski definition) is 0. The fraction of sp³-hybridized carbons (Fsp3) is 0.419. The zero-order valence-corrected chi connectivity index (χ0v) is 23.1. The Balaban J connectivity index is 1.50. The quantitative estimate of drug-likeness (QED) is 0.252. The first-order valence-corrected chi connectivity index (χ1v) is 14.2. The van der Waals surface area contributed by atoms with Gasteiger partial charge in [-0.2, -0.15) is 0 Å². The lowest BCUT2D eigenvalue weighted by Gasteiger charge is -2.34. The first-order chi connectivity index (χ1) is 21.5. The van der Waals surface area contributed by atoms with Gasteiger partial charge < -0.3 is 14.2 Å². The maximum absolute atomic E-state index is 15.7. The molecule has 8 nitrogen and oxygen atoms in total. The maximum atomic E-state index is 15.7. The summed E-state index contributed by atoms with van der Waals surface area (Å²) in [6.07, 6.45) is 4.06. The third kappa shape index (κ3) is 4.59. The van der Waals surface area contributed by atoms with Gasteiger partial charge in [-0.15, -0.1) is 5.10 Å². The van der Waals surface area contributed by atoms with E-state index in [1.54, 1.807) is 25.5 Å². The Morgan fingerprint density at radius 1 is 1.07 bits per heavy atom. The lowest BCUT2D eigenvalue weighted by Crippen LogP contribution is -2.39. The minimum Gasteiger partial charge on any atom is -0.381 e. The molecular formula is C31H32F3N7O. The summed E-state index contributed by atoms with van der Waals surface area (Å²) in [5.41, 5.74) is 3.78. The third-order valence-corrected chi connectivity index (χ3v) is 8.64. The Morgan fingerprint density at radius 3 is 2.64 bits per heavy atom. The zero-order valence-electron chi connectivity index (χ0n) is 26.1. The number of nitrogens with zero attached hydrogens (tertiary/aromatic N) is 7. The molecule has 11 heteroatoms. The smallest absolute Gasteiger partial charge is 0.251 e. The molecule has 0 spiro atoms. The standard InChI is InChI=1S/C31H32F3N7O/c1-19-29(39(2)38-37-19)21-16-26-27(36-18-21)23-6-5-22(40-12-9-31(33,34)10-13-40)17-25(23)41(26)30(20-7-14-42-15-8-20)28-24(32)4-3-11-35-28/h3-6,11,16-18,20,30H,7-10,12-15H2,1-2H3/i1D3. The van der Waals surface area contributed by atoms with Gasteiger partial charge >= 0.3 is 0 Å². The Hall–Kier alpha value is -3.99. The summed E-state index contributed by atoms with van der Waals surface area (Å²) < 4.78 is 77.0. The molecule has 2 fully saturated rings. The van der Waals surface area contributed by atoms with Gasteiger partial charge in [0.2, 0.25) is 0 Å². The summed E-state index contributed by atoms with van der Waals surface area (Å²) in [7, 11) is 1.62. The molecule has 7 rings (SSSR count). The van der Waals surface area contributed by atoms with Crippen molar-refractivity contribution in [3.05, 3.63) is 66.0 Å². The average Bonchev–Trinajstić information content (AvgIpc) is 3.56. The molecule has 0 saturated carbocycles. The van der Waals surface area contributed by atoms with Crippen LogP contribution in [0.3, 0.4) is 0 Å². The molecule has 6 heterocycles. The van der Waals surface area contributed by atoms with Crippen LogP contribution < -0.4 is 4.90 Å². The van der Waals surface area contributed by atoms with Crippen LogP contribution in [0, 0.1) is 18.6 Å². The van der Waals surface area contributed by atoms with Crippen LogP contribution in [0.1, 0.15) is 47.2 Å². The van der Waals surface area contributed by atoms with Gasteiger partial charge in [0.25, 0.3) is 5.92 Å². The number of benzene rings is 1. The van der Waals surface area contributed by atoms with Crippen LogP contribution in [0.5, 0.6) is 0 Å². The summed E-state index contributed by atoms with van der Waals surface area (Å²) in [6, 6.07) is 10.1.